The van der Waals surface area contributed by atoms with Gasteiger partial charge in [-0.2, -0.15) is 0 Å². The van der Waals surface area contributed by atoms with Crippen molar-refractivity contribution in [1.82, 2.24) is 4.98 Å². The lowest BCUT2D eigenvalue weighted by atomic mass is 10.2. The molecule has 58 valence electrons. The van der Waals surface area contributed by atoms with E-state index in [9.17, 15) is 4.39 Å². The first kappa shape index (κ1) is 6.58. The van der Waals surface area contributed by atoms with Gasteiger partial charge in [0.2, 0.25) is 0 Å². The van der Waals surface area contributed by atoms with E-state index in [1.165, 1.54) is 0 Å². The Morgan fingerprint density at radius 1 is 1.45 bits per heavy atom. The van der Waals surface area contributed by atoms with Gasteiger partial charge in [0.1, 0.15) is 12.0 Å². The highest BCUT2D eigenvalue weighted by atomic mass is 19.1. The number of pyridine rings is 1. The third-order valence-corrected chi connectivity index (χ3v) is 1.81. The SMILES string of the molecule is FC1CN(c2ccccn2)C1. The monoisotopic (exact) mass is 152 g/mol. The van der Waals surface area contributed by atoms with Gasteiger partial charge in [0, 0.05) is 6.20 Å². The van der Waals surface area contributed by atoms with E-state index in [1.807, 2.05) is 23.1 Å². The smallest absolute Gasteiger partial charge is 0.135 e. The molecule has 0 bridgehead atoms. The van der Waals surface area contributed by atoms with Gasteiger partial charge in [-0.25, -0.2) is 9.37 Å². The average molecular weight is 152 g/mol. The van der Waals surface area contributed by atoms with E-state index in [0.717, 1.165) is 5.82 Å². The number of aromatic nitrogens is 1. The van der Waals surface area contributed by atoms with Crippen LogP contribution < -0.4 is 4.90 Å². The summed E-state index contributed by atoms with van der Waals surface area (Å²) < 4.78 is 12.4. The zero-order valence-electron chi connectivity index (χ0n) is 6.07. The first-order valence-corrected chi connectivity index (χ1v) is 3.66. The van der Waals surface area contributed by atoms with Crippen LogP contribution in [0.15, 0.2) is 24.4 Å². The molecule has 0 amide bonds. The highest BCUT2D eigenvalue weighted by Crippen LogP contribution is 2.18. The van der Waals surface area contributed by atoms with Crippen LogP contribution in [0.5, 0.6) is 0 Å². The molecule has 1 aliphatic heterocycles. The van der Waals surface area contributed by atoms with Crippen molar-refractivity contribution in [2.45, 2.75) is 6.17 Å². The molecule has 2 rings (SSSR count). The van der Waals surface area contributed by atoms with Crippen LogP contribution in [0.2, 0.25) is 0 Å². The van der Waals surface area contributed by atoms with E-state index < -0.39 is 6.17 Å². The maximum Gasteiger partial charge on any atom is 0.135 e. The van der Waals surface area contributed by atoms with Crippen LogP contribution in [0.3, 0.4) is 0 Å². The van der Waals surface area contributed by atoms with Crippen LogP contribution >= 0.6 is 0 Å². The maximum absolute atomic E-state index is 12.4. The molecule has 0 N–H and O–H groups in total. The highest BCUT2D eigenvalue weighted by Gasteiger charge is 2.26. The Kier molecular flexibility index (Phi) is 1.49. The van der Waals surface area contributed by atoms with E-state index in [-0.39, 0.29) is 0 Å². The topological polar surface area (TPSA) is 16.1 Å². The molecule has 1 saturated heterocycles. The Morgan fingerprint density at radius 3 is 2.82 bits per heavy atom. The van der Waals surface area contributed by atoms with Crippen molar-refractivity contribution in [3.8, 4) is 0 Å². The summed E-state index contributed by atoms with van der Waals surface area (Å²) in [7, 11) is 0. The molecule has 3 heteroatoms. The third kappa shape index (κ3) is 1.18. The van der Waals surface area contributed by atoms with Crippen LogP contribution in [0.1, 0.15) is 0 Å². The molecule has 1 aromatic heterocycles. The molecule has 1 fully saturated rings. The minimum Gasteiger partial charge on any atom is -0.351 e. The standard InChI is InChI=1S/C8H9FN2/c9-7-5-11(6-7)8-3-1-2-4-10-8/h1-4,7H,5-6H2. The minimum atomic E-state index is -0.656. The molecule has 0 aliphatic carbocycles. The average Bonchev–Trinajstić information content (AvgIpc) is 2.01. The van der Waals surface area contributed by atoms with Gasteiger partial charge in [-0.15, -0.1) is 0 Å². The molecule has 2 heterocycles. The molecule has 2 nitrogen and oxygen atoms in total. The summed E-state index contributed by atoms with van der Waals surface area (Å²) in [5.74, 6) is 0.876. The number of halogens is 1. The van der Waals surface area contributed by atoms with Gasteiger partial charge < -0.3 is 4.90 Å². The van der Waals surface area contributed by atoms with E-state index in [2.05, 4.69) is 4.98 Å². The van der Waals surface area contributed by atoms with Crippen LogP contribution in [0, 0.1) is 0 Å². The maximum atomic E-state index is 12.4. The number of hydrogen-bond donors (Lipinski definition) is 0. The van der Waals surface area contributed by atoms with Crippen LogP contribution in [-0.4, -0.2) is 24.2 Å². The normalized spacial score (nSPS) is 18.1. The Labute approximate surface area is 64.7 Å². The van der Waals surface area contributed by atoms with E-state index in [1.54, 1.807) is 6.20 Å². The quantitative estimate of drug-likeness (QED) is 0.601. The van der Waals surface area contributed by atoms with Crippen LogP contribution in [0.4, 0.5) is 10.2 Å². The zero-order chi connectivity index (χ0) is 7.68. The first-order valence-electron chi connectivity index (χ1n) is 3.66. The van der Waals surface area contributed by atoms with Gasteiger partial charge >= 0.3 is 0 Å². The predicted octanol–water partition coefficient (Wildman–Crippen LogP) is 1.24. The fraction of sp³-hybridized carbons (Fsp3) is 0.375. The van der Waals surface area contributed by atoms with E-state index >= 15 is 0 Å². The van der Waals surface area contributed by atoms with Crippen molar-refractivity contribution in [2.75, 3.05) is 18.0 Å². The Bertz CT molecular complexity index is 231. The number of hydrogen-bond acceptors (Lipinski definition) is 2. The molecule has 0 spiro atoms. The molecule has 1 aromatic rings. The molecule has 0 atom stereocenters. The summed E-state index contributed by atoms with van der Waals surface area (Å²) in [4.78, 5) is 6.02. The number of nitrogens with zero attached hydrogens (tertiary/aromatic N) is 2. The second-order valence-electron chi connectivity index (χ2n) is 2.69. The third-order valence-electron chi connectivity index (χ3n) is 1.81. The number of alkyl halides is 1. The largest absolute Gasteiger partial charge is 0.351 e. The first-order chi connectivity index (χ1) is 5.36. The van der Waals surface area contributed by atoms with E-state index in [4.69, 9.17) is 0 Å². The van der Waals surface area contributed by atoms with Crippen molar-refractivity contribution in [2.24, 2.45) is 0 Å². The summed E-state index contributed by atoms with van der Waals surface area (Å²) >= 11 is 0. The van der Waals surface area contributed by atoms with Crippen LogP contribution in [-0.2, 0) is 0 Å². The lowest BCUT2D eigenvalue weighted by Crippen LogP contribution is -2.48. The highest BCUT2D eigenvalue weighted by molar-refractivity contribution is 5.41. The molecule has 11 heavy (non-hydrogen) atoms. The van der Waals surface area contributed by atoms with Crippen molar-refractivity contribution in [1.29, 1.82) is 0 Å². The molecule has 0 saturated carbocycles. The predicted molar refractivity (Wildman–Crippen MR) is 41.3 cm³/mol. The lowest BCUT2D eigenvalue weighted by Gasteiger charge is -2.35. The zero-order valence-corrected chi connectivity index (χ0v) is 6.07. The van der Waals surface area contributed by atoms with E-state index in [0.29, 0.717) is 13.1 Å². The molecule has 0 unspecified atom stereocenters. The Balaban J connectivity index is 2.08. The Morgan fingerprint density at radius 2 is 2.27 bits per heavy atom. The fourth-order valence-corrected chi connectivity index (χ4v) is 1.15. The van der Waals surface area contributed by atoms with Gasteiger partial charge in [-0.05, 0) is 12.1 Å². The molecule has 0 radical (unpaired) electrons. The van der Waals surface area contributed by atoms with Crippen molar-refractivity contribution in [3.63, 3.8) is 0 Å². The van der Waals surface area contributed by atoms with Gasteiger partial charge in [-0.1, -0.05) is 6.07 Å². The second-order valence-corrected chi connectivity index (χ2v) is 2.69. The summed E-state index contributed by atoms with van der Waals surface area (Å²) in [5.41, 5.74) is 0. The van der Waals surface area contributed by atoms with Gasteiger partial charge in [0.05, 0.1) is 13.1 Å². The van der Waals surface area contributed by atoms with Crippen LogP contribution in [0.25, 0.3) is 0 Å². The number of anilines is 1. The number of rotatable bonds is 1. The van der Waals surface area contributed by atoms with Gasteiger partial charge in [0.25, 0.3) is 0 Å². The van der Waals surface area contributed by atoms with Crippen molar-refractivity contribution < 1.29 is 4.39 Å². The molecule has 0 aromatic carbocycles. The Hall–Kier alpha value is -1.12. The summed E-state index contributed by atoms with van der Waals surface area (Å²) in [5, 5.41) is 0. The lowest BCUT2D eigenvalue weighted by molar-refractivity contribution is 0.273. The summed E-state index contributed by atoms with van der Waals surface area (Å²) in [6.07, 6.45) is 1.07. The fourth-order valence-electron chi connectivity index (χ4n) is 1.15. The minimum absolute atomic E-state index is 0.497. The second kappa shape index (κ2) is 2.49. The summed E-state index contributed by atoms with van der Waals surface area (Å²) in [6, 6.07) is 5.66. The van der Waals surface area contributed by atoms with Gasteiger partial charge in [0.15, 0.2) is 0 Å². The molecular weight excluding hydrogens is 143 g/mol. The van der Waals surface area contributed by atoms with Crippen molar-refractivity contribution >= 4 is 5.82 Å². The summed E-state index contributed by atoms with van der Waals surface area (Å²) in [6.45, 7) is 0.994. The van der Waals surface area contributed by atoms with Gasteiger partial charge in [-0.3, -0.25) is 0 Å². The molecular formula is C8H9FN2. The van der Waals surface area contributed by atoms with Crippen molar-refractivity contribution in [3.05, 3.63) is 24.4 Å². The molecule has 1 aliphatic rings.